The first-order chi connectivity index (χ1) is 14.6. The van der Waals surface area contributed by atoms with Crippen molar-refractivity contribution >= 4 is 17.6 Å². The minimum atomic E-state index is -0.155. The number of carbonyl (C=O) groups is 1. The van der Waals surface area contributed by atoms with Gasteiger partial charge in [0.05, 0.1) is 6.54 Å². The average Bonchev–Trinajstić information content (AvgIpc) is 3.10. The number of carbonyl (C=O) groups excluding carboxylic acids is 1. The summed E-state index contributed by atoms with van der Waals surface area (Å²) in [4.78, 5) is 19.0. The summed E-state index contributed by atoms with van der Waals surface area (Å²) in [6, 6.07) is 18.5. The highest BCUT2D eigenvalue weighted by molar-refractivity contribution is 5.95. The van der Waals surface area contributed by atoms with Crippen molar-refractivity contribution in [3.63, 3.8) is 0 Å². The van der Waals surface area contributed by atoms with Crippen LogP contribution in [0.3, 0.4) is 0 Å². The Morgan fingerprint density at radius 3 is 2.77 bits per heavy atom. The summed E-state index contributed by atoms with van der Waals surface area (Å²) in [5.74, 6) is 3.03. The molecule has 30 heavy (non-hydrogen) atoms. The number of hydrogen-bond donors (Lipinski definition) is 3. The third-order valence-electron chi connectivity index (χ3n) is 5.23. The molecule has 6 nitrogen and oxygen atoms in total. The second-order valence-electron chi connectivity index (χ2n) is 7.54. The summed E-state index contributed by atoms with van der Waals surface area (Å²) in [5.41, 5.74) is 2.73. The first-order valence-electron chi connectivity index (χ1n) is 10.2. The third-order valence-corrected chi connectivity index (χ3v) is 5.23. The van der Waals surface area contributed by atoms with E-state index in [2.05, 4.69) is 63.0 Å². The highest BCUT2D eigenvalue weighted by Gasteiger charge is 2.29. The van der Waals surface area contributed by atoms with E-state index in [0.29, 0.717) is 17.7 Å². The molecular formula is C24H29N5O. The minimum absolute atomic E-state index is 0.121. The molecule has 0 aliphatic carbocycles. The Morgan fingerprint density at radius 2 is 2.03 bits per heavy atom. The van der Waals surface area contributed by atoms with Gasteiger partial charge in [-0.1, -0.05) is 42.3 Å². The minimum Gasteiger partial charge on any atom is -0.352 e. The first-order valence-corrected chi connectivity index (χ1v) is 10.2. The summed E-state index contributed by atoms with van der Waals surface area (Å²) in [7, 11) is 1.71. The van der Waals surface area contributed by atoms with Gasteiger partial charge in [-0.15, -0.1) is 6.42 Å². The second kappa shape index (κ2) is 10.5. The van der Waals surface area contributed by atoms with Crippen molar-refractivity contribution in [1.82, 2.24) is 15.5 Å². The number of terminal acetylenes is 1. The number of guanidine groups is 1. The lowest BCUT2D eigenvalue weighted by Crippen LogP contribution is -2.46. The van der Waals surface area contributed by atoms with Gasteiger partial charge in [0.25, 0.3) is 0 Å². The van der Waals surface area contributed by atoms with Crippen molar-refractivity contribution in [2.24, 2.45) is 4.99 Å². The molecular weight excluding hydrogens is 374 g/mol. The van der Waals surface area contributed by atoms with E-state index in [9.17, 15) is 4.79 Å². The molecule has 0 spiro atoms. The van der Waals surface area contributed by atoms with Crippen LogP contribution in [-0.4, -0.2) is 49.0 Å². The van der Waals surface area contributed by atoms with Crippen LogP contribution in [0.15, 0.2) is 59.6 Å². The molecule has 1 aliphatic rings. The fourth-order valence-corrected chi connectivity index (χ4v) is 3.69. The maximum atomic E-state index is 12.3. The molecule has 2 unspecified atom stereocenters. The lowest BCUT2D eigenvalue weighted by atomic mass is 10.2. The van der Waals surface area contributed by atoms with Crippen LogP contribution in [0.2, 0.25) is 0 Å². The molecule has 6 heteroatoms. The van der Waals surface area contributed by atoms with E-state index in [1.165, 1.54) is 5.56 Å². The lowest BCUT2D eigenvalue weighted by Gasteiger charge is -2.21. The number of rotatable bonds is 6. The van der Waals surface area contributed by atoms with Gasteiger partial charge in [0, 0.05) is 43.5 Å². The molecule has 0 saturated carbocycles. The van der Waals surface area contributed by atoms with Gasteiger partial charge in [-0.05, 0) is 37.1 Å². The smallest absolute Gasteiger partial charge is 0.243 e. The molecule has 1 saturated heterocycles. The van der Waals surface area contributed by atoms with E-state index in [-0.39, 0.29) is 18.5 Å². The highest BCUT2D eigenvalue weighted by Crippen LogP contribution is 2.20. The number of nitrogens with one attached hydrogen (secondary N) is 3. The second-order valence-corrected chi connectivity index (χ2v) is 7.54. The number of likely N-dealkylation sites (tertiary alicyclic amines) is 1. The zero-order chi connectivity index (χ0) is 21.3. The van der Waals surface area contributed by atoms with Crippen LogP contribution < -0.4 is 16.0 Å². The maximum absolute atomic E-state index is 12.3. The molecule has 0 bridgehead atoms. The molecule has 0 aromatic heterocycles. The van der Waals surface area contributed by atoms with Crippen LogP contribution in [0.1, 0.15) is 24.5 Å². The van der Waals surface area contributed by atoms with Crippen LogP contribution in [0.5, 0.6) is 0 Å². The number of anilines is 1. The molecule has 1 heterocycles. The van der Waals surface area contributed by atoms with Crippen molar-refractivity contribution in [2.75, 3.05) is 25.5 Å². The highest BCUT2D eigenvalue weighted by atomic mass is 16.1. The van der Waals surface area contributed by atoms with Crippen LogP contribution in [0, 0.1) is 12.3 Å². The Morgan fingerprint density at radius 1 is 1.23 bits per heavy atom. The molecule has 3 rings (SSSR count). The molecule has 1 aliphatic heterocycles. The summed E-state index contributed by atoms with van der Waals surface area (Å²) >= 11 is 0. The van der Waals surface area contributed by atoms with E-state index in [1.807, 2.05) is 24.3 Å². The Kier molecular flexibility index (Phi) is 7.47. The molecule has 1 amide bonds. The lowest BCUT2D eigenvalue weighted by molar-refractivity contribution is -0.115. The zero-order valence-corrected chi connectivity index (χ0v) is 17.6. The van der Waals surface area contributed by atoms with Crippen LogP contribution in [0.25, 0.3) is 0 Å². The average molecular weight is 404 g/mol. The molecule has 156 valence electrons. The molecule has 2 aromatic carbocycles. The Hall–Kier alpha value is -3.30. The molecule has 0 radical (unpaired) electrons. The summed E-state index contributed by atoms with van der Waals surface area (Å²) in [5, 5.41) is 9.38. The monoisotopic (exact) mass is 403 g/mol. The summed E-state index contributed by atoms with van der Waals surface area (Å²) in [6.07, 6.45) is 6.43. The standard InChI is InChI=1S/C24H29N5O/c1-4-19-11-8-12-21(14-19)27-23(30)15-26-24(25-3)28-22-13-18(2)29(17-22)16-20-9-6-5-7-10-20/h1,5-12,14,18,22H,13,15-17H2,2-3H3,(H,27,30)(H2,25,26,28). The van der Waals surface area contributed by atoms with Crippen molar-refractivity contribution in [2.45, 2.75) is 32.0 Å². The summed E-state index contributed by atoms with van der Waals surface area (Å²) < 4.78 is 0. The van der Waals surface area contributed by atoms with Crippen molar-refractivity contribution in [1.29, 1.82) is 0 Å². The van der Waals surface area contributed by atoms with Gasteiger partial charge in [0.1, 0.15) is 0 Å². The first kappa shape index (κ1) is 21.4. The quantitative estimate of drug-likeness (QED) is 0.394. The number of aliphatic imine (C=N–C) groups is 1. The number of hydrogen-bond acceptors (Lipinski definition) is 3. The van der Waals surface area contributed by atoms with E-state index >= 15 is 0 Å². The van der Waals surface area contributed by atoms with E-state index in [1.54, 1.807) is 13.1 Å². The predicted molar refractivity (Wildman–Crippen MR) is 122 cm³/mol. The van der Waals surface area contributed by atoms with Gasteiger partial charge in [-0.3, -0.25) is 14.7 Å². The summed E-state index contributed by atoms with van der Waals surface area (Å²) in [6.45, 7) is 4.24. The van der Waals surface area contributed by atoms with Gasteiger partial charge in [0.15, 0.2) is 5.96 Å². The van der Waals surface area contributed by atoms with Gasteiger partial charge >= 0.3 is 0 Å². The topological polar surface area (TPSA) is 68.8 Å². The Balaban J connectivity index is 1.46. The number of amides is 1. The fraction of sp³-hybridized carbons (Fsp3) is 0.333. The van der Waals surface area contributed by atoms with Crippen molar-refractivity contribution in [3.8, 4) is 12.3 Å². The van der Waals surface area contributed by atoms with Crippen LogP contribution in [0.4, 0.5) is 5.69 Å². The largest absolute Gasteiger partial charge is 0.352 e. The normalized spacial score (nSPS) is 19.2. The van der Waals surface area contributed by atoms with Gasteiger partial charge in [-0.25, -0.2) is 0 Å². The van der Waals surface area contributed by atoms with Crippen molar-refractivity contribution in [3.05, 3.63) is 65.7 Å². The number of benzene rings is 2. The predicted octanol–water partition coefficient (Wildman–Crippen LogP) is 2.43. The van der Waals surface area contributed by atoms with Crippen LogP contribution in [-0.2, 0) is 11.3 Å². The molecule has 2 atom stereocenters. The number of nitrogens with zero attached hydrogens (tertiary/aromatic N) is 2. The Bertz CT molecular complexity index is 919. The van der Waals surface area contributed by atoms with Crippen LogP contribution >= 0.6 is 0 Å². The zero-order valence-electron chi connectivity index (χ0n) is 17.6. The van der Waals surface area contributed by atoms with E-state index in [0.717, 1.165) is 25.1 Å². The van der Waals surface area contributed by atoms with Crippen molar-refractivity contribution < 1.29 is 4.79 Å². The molecule has 2 aromatic rings. The fourth-order valence-electron chi connectivity index (χ4n) is 3.69. The molecule has 1 fully saturated rings. The van der Waals surface area contributed by atoms with E-state index in [4.69, 9.17) is 6.42 Å². The van der Waals surface area contributed by atoms with E-state index < -0.39 is 0 Å². The maximum Gasteiger partial charge on any atom is 0.243 e. The van der Waals surface area contributed by atoms with Gasteiger partial charge < -0.3 is 16.0 Å². The molecule has 3 N–H and O–H groups in total. The third kappa shape index (κ3) is 6.10. The van der Waals surface area contributed by atoms with Gasteiger partial charge in [0.2, 0.25) is 5.91 Å². The van der Waals surface area contributed by atoms with Gasteiger partial charge in [-0.2, -0.15) is 0 Å². The SMILES string of the molecule is C#Cc1cccc(NC(=O)CNC(=NC)NC2CC(C)N(Cc3ccccc3)C2)c1. The Labute approximate surface area is 178 Å².